The molecule has 0 saturated carbocycles. The fourth-order valence-corrected chi connectivity index (χ4v) is 7.62. The van der Waals surface area contributed by atoms with E-state index in [0.717, 1.165) is 0 Å². The Bertz CT molecular complexity index is 1140. The minimum Gasteiger partial charge on any atom is -0.264 e. The second-order valence-corrected chi connectivity index (χ2v) is 16.4. The van der Waals surface area contributed by atoms with Crippen molar-refractivity contribution in [3.63, 3.8) is 0 Å². The summed E-state index contributed by atoms with van der Waals surface area (Å²) in [5.74, 6) is 0. The maximum absolute atomic E-state index is 8.74. The second kappa shape index (κ2) is 34.3. The Morgan fingerprint density at radius 3 is 1.04 bits per heavy atom. The molecule has 2 N–H and O–H groups in total. The number of hydrogen-bond acceptors (Lipinski definition) is 2. The number of aryl methyl sites for hydroxylation is 2. The van der Waals surface area contributed by atoms with Crippen molar-refractivity contribution in [3.05, 3.63) is 47.5 Å². The zero-order valence-electron chi connectivity index (χ0n) is 33.6. The van der Waals surface area contributed by atoms with Gasteiger partial charge in [0.15, 0.2) is 0 Å². The molecule has 51 heavy (non-hydrogen) atoms. The molecular weight excluding hydrogens is 649 g/mol. The fourth-order valence-electron chi connectivity index (χ4n) is 7.62. The summed E-state index contributed by atoms with van der Waals surface area (Å²) in [4.78, 5) is 0. The molecule has 2 aromatic carbocycles. The lowest BCUT2D eigenvalue weighted by Crippen LogP contribution is -1.97. The Morgan fingerprint density at radius 2 is 0.686 bits per heavy atom. The summed E-state index contributed by atoms with van der Waals surface area (Å²) in [6, 6.07) is 14.0. The Labute approximate surface area is 317 Å². The van der Waals surface area contributed by atoms with Crippen molar-refractivity contribution in [1.82, 2.24) is 0 Å². The Kier molecular flexibility index (Phi) is 32.0. The molecule has 0 radical (unpaired) electrons. The molecule has 0 heterocycles. The Balaban J connectivity index is 0.00000242. The van der Waals surface area contributed by atoms with Crippen LogP contribution < -0.4 is 0 Å². The predicted molar refractivity (Wildman–Crippen MR) is 225 cm³/mol. The van der Waals surface area contributed by atoms with Gasteiger partial charge in [0.1, 0.15) is 0 Å². The van der Waals surface area contributed by atoms with Crippen molar-refractivity contribution < 1.29 is 17.5 Å². The maximum Gasteiger partial charge on any atom is 0.394 e. The normalized spacial score (nSPS) is 11.6. The number of benzene rings is 2. The molecule has 0 spiro atoms. The number of hydrogen-bond donors (Lipinski definition) is 2. The molecule has 0 aliphatic rings. The van der Waals surface area contributed by atoms with Gasteiger partial charge in [-0.25, -0.2) is 0 Å². The lowest BCUT2D eigenvalue weighted by atomic mass is 9.91. The summed E-state index contributed by atoms with van der Waals surface area (Å²) < 4.78 is 31.6. The Morgan fingerprint density at radius 1 is 0.392 bits per heavy atom. The maximum atomic E-state index is 8.74. The van der Waals surface area contributed by atoms with Gasteiger partial charge >= 0.3 is 10.4 Å². The van der Waals surface area contributed by atoms with Crippen molar-refractivity contribution in [1.29, 1.82) is 0 Å². The molecule has 0 aromatic heterocycles. The highest BCUT2D eigenvalue weighted by Gasteiger charge is 2.08. The smallest absolute Gasteiger partial charge is 0.264 e. The predicted octanol–water partition coefficient (Wildman–Crippen LogP) is 15.8. The van der Waals surface area contributed by atoms with Gasteiger partial charge in [-0.05, 0) is 47.6 Å². The van der Waals surface area contributed by atoms with E-state index in [1.165, 1.54) is 229 Å². The van der Waals surface area contributed by atoms with Gasteiger partial charge in [0, 0.05) is 0 Å². The van der Waals surface area contributed by atoms with Gasteiger partial charge < -0.3 is 0 Å². The van der Waals surface area contributed by atoms with Crippen molar-refractivity contribution in [2.75, 3.05) is 0 Å². The van der Waals surface area contributed by atoms with Gasteiger partial charge in [-0.2, -0.15) is 8.42 Å². The van der Waals surface area contributed by atoms with Gasteiger partial charge in [-0.3, -0.25) is 9.11 Å². The first-order valence-electron chi connectivity index (χ1n) is 22.1. The highest BCUT2D eigenvalue weighted by Crippen LogP contribution is 2.27. The van der Waals surface area contributed by atoms with Crippen molar-refractivity contribution in [2.45, 2.75) is 232 Å². The minimum absolute atomic E-state index is 1.27. The average molecular weight is 731 g/mol. The zero-order chi connectivity index (χ0) is 37.1. The molecule has 5 heteroatoms. The van der Waals surface area contributed by atoms with E-state index >= 15 is 0 Å². The highest BCUT2D eigenvalue weighted by atomic mass is 32.3. The molecule has 2 rings (SSSR count). The largest absolute Gasteiger partial charge is 0.394 e. The van der Waals surface area contributed by atoms with Crippen LogP contribution in [0.3, 0.4) is 0 Å². The molecule has 0 amide bonds. The lowest BCUT2D eigenvalue weighted by molar-refractivity contribution is 0.381. The topological polar surface area (TPSA) is 74.6 Å². The van der Waals surface area contributed by atoms with Crippen LogP contribution in [0.25, 0.3) is 10.8 Å². The molecule has 0 aliphatic carbocycles. The van der Waals surface area contributed by atoms with Gasteiger partial charge in [-0.1, -0.05) is 243 Å². The number of fused-ring (bicyclic) bond motifs is 1. The third-order valence-electron chi connectivity index (χ3n) is 10.7. The van der Waals surface area contributed by atoms with Crippen LogP contribution in [0.15, 0.2) is 36.4 Å². The number of unbranched alkanes of at least 4 members (excludes halogenated alkanes) is 30. The third-order valence-corrected chi connectivity index (χ3v) is 10.7. The van der Waals surface area contributed by atoms with Crippen LogP contribution in [0.1, 0.15) is 230 Å². The zero-order valence-corrected chi connectivity index (χ0v) is 34.4. The van der Waals surface area contributed by atoms with Crippen LogP contribution in [0.5, 0.6) is 0 Å². The highest BCUT2D eigenvalue weighted by molar-refractivity contribution is 7.79. The summed E-state index contributed by atoms with van der Waals surface area (Å²) in [7, 11) is -4.67. The summed E-state index contributed by atoms with van der Waals surface area (Å²) in [5.41, 5.74) is 3.31. The van der Waals surface area contributed by atoms with Gasteiger partial charge in [0.25, 0.3) is 0 Å². The minimum atomic E-state index is -4.67. The summed E-state index contributed by atoms with van der Waals surface area (Å²) in [6.45, 7) is 4.62. The van der Waals surface area contributed by atoms with Gasteiger partial charge in [0.05, 0.1) is 0 Å². The fraction of sp³-hybridized carbons (Fsp3) is 0.783. The molecule has 0 saturated heterocycles. The second-order valence-electron chi connectivity index (χ2n) is 15.5. The van der Waals surface area contributed by atoms with E-state index in [2.05, 4.69) is 50.2 Å². The molecule has 0 unspecified atom stereocenters. The van der Waals surface area contributed by atoms with Gasteiger partial charge in [-0.15, -0.1) is 0 Å². The van der Waals surface area contributed by atoms with Crippen LogP contribution in [-0.4, -0.2) is 17.5 Å². The van der Waals surface area contributed by atoms with Crippen molar-refractivity contribution in [3.8, 4) is 0 Å². The molecule has 0 bridgehead atoms. The van der Waals surface area contributed by atoms with Crippen LogP contribution in [-0.2, 0) is 23.2 Å². The average Bonchev–Trinajstić information content (AvgIpc) is 3.11. The van der Waals surface area contributed by atoms with Crippen LogP contribution in [0, 0.1) is 0 Å². The molecule has 2 aromatic rings. The first kappa shape index (κ1) is 47.6. The van der Waals surface area contributed by atoms with Crippen molar-refractivity contribution >= 4 is 21.2 Å². The summed E-state index contributed by atoms with van der Waals surface area (Å²) in [5, 5.41) is 2.96. The first-order valence-corrected chi connectivity index (χ1v) is 23.5. The molecular formula is C46H82O4S. The van der Waals surface area contributed by atoms with Gasteiger partial charge in [0.2, 0.25) is 0 Å². The van der Waals surface area contributed by atoms with E-state index < -0.39 is 10.4 Å². The first-order chi connectivity index (χ1) is 24.9. The van der Waals surface area contributed by atoms with E-state index in [4.69, 9.17) is 17.5 Å². The monoisotopic (exact) mass is 731 g/mol. The Hall–Kier alpha value is -1.43. The summed E-state index contributed by atoms with van der Waals surface area (Å²) >= 11 is 0. The molecule has 0 fully saturated rings. The van der Waals surface area contributed by atoms with E-state index in [1.54, 1.807) is 11.1 Å². The van der Waals surface area contributed by atoms with Crippen molar-refractivity contribution in [2.24, 2.45) is 0 Å². The molecule has 296 valence electrons. The van der Waals surface area contributed by atoms with E-state index in [9.17, 15) is 0 Å². The SMILES string of the molecule is CCCCCCCCCCCCCCCCCCc1ccc2ccccc2c1CCCCCCCCCCCCCCCCCC.O=S(=O)(O)O. The quantitative estimate of drug-likeness (QED) is 0.0555. The van der Waals surface area contributed by atoms with E-state index in [-0.39, 0.29) is 0 Å². The molecule has 0 aliphatic heterocycles. The van der Waals surface area contributed by atoms with Crippen LogP contribution in [0.2, 0.25) is 0 Å². The number of rotatable bonds is 34. The molecule has 4 nitrogen and oxygen atoms in total. The lowest BCUT2D eigenvalue weighted by Gasteiger charge is -2.14. The molecule has 0 atom stereocenters. The third kappa shape index (κ3) is 30.7. The van der Waals surface area contributed by atoms with E-state index in [0.29, 0.717) is 0 Å². The van der Waals surface area contributed by atoms with E-state index in [1.807, 2.05) is 0 Å². The van der Waals surface area contributed by atoms with Crippen LogP contribution >= 0.6 is 0 Å². The standard InChI is InChI=1S/C46H80.H2O4S/c1-3-5-7-9-11-13-15-17-19-21-23-25-27-29-31-33-37-43-41-42-44-38-35-36-40-46(44)45(43)39-34-32-30-28-26-24-22-20-18-16-14-12-10-8-6-4-2;1-5(2,3)4/h35-36,38,40-42H,3-34,37,39H2,1-2H3;(H2,1,2,3,4). The summed E-state index contributed by atoms with van der Waals surface area (Å²) in [6.07, 6.45) is 48.8. The van der Waals surface area contributed by atoms with Crippen LogP contribution in [0.4, 0.5) is 0 Å².